The van der Waals surface area contributed by atoms with E-state index in [1.165, 1.54) is 30.7 Å². The number of sulfonamides is 1. The molecule has 0 unspecified atom stereocenters. The Morgan fingerprint density at radius 2 is 1.81 bits per heavy atom. The third-order valence-electron chi connectivity index (χ3n) is 6.17. The van der Waals surface area contributed by atoms with Crippen molar-refractivity contribution in [2.24, 2.45) is 5.92 Å². The van der Waals surface area contributed by atoms with E-state index < -0.39 is 10.0 Å². The molecule has 1 saturated heterocycles. The standard InChI is InChI=1S/C23H28N2O5S/c1-16-13-17-7-4-5-9-20(17)25(16)23(26)18-8-6-12-24(15-18)31(27,28)19-10-11-21(29-2)22(14-19)30-3/h4-5,7,9-11,14,16,18H,6,8,12-13,15H2,1-3H3/t16-,18-/m1/s1. The van der Waals surface area contributed by atoms with E-state index >= 15 is 0 Å². The summed E-state index contributed by atoms with van der Waals surface area (Å²) in [6.45, 7) is 2.62. The van der Waals surface area contributed by atoms with Gasteiger partial charge in [0.15, 0.2) is 11.5 Å². The van der Waals surface area contributed by atoms with Gasteiger partial charge in [-0.15, -0.1) is 0 Å². The molecule has 7 nitrogen and oxygen atoms in total. The van der Waals surface area contributed by atoms with Crippen LogP contribution in [0.5, 0.6) is 11.5 Å². The average molecular weight is 445 g/mol. The first-order valence-electron chi connectivity index (χ1n) is 10.5. The van der Waals surface area contributed by atoms with Crippen molar-refractivity contribution in [2.75, 3.05) is 32.2 Å². The molecule has 2 atom stereocenters. The van der Waals surface area contributed by atoms with E-state index in [-0.39, 0.29) is 29.3 Å². The zero-order valence-electron chi connectivity index (χ0n) is 18.1. The Hall–Kier alpha value is -2.58. The van der Waals surface area contributed by atoms with E-state index in [2.05, 4.69) is 0 Å². The molecule has 1 amide bonds. The Kier molecular flexibility index (Phi) is 5.94. The van der Waals surface area contributed by atoms with E-state index in [1.54, 1.807) is 6.07 Å². The molecule has 166 valence electrons. The minimum Gasteiger partial charge on any atom is -0.493 e. The smallest absolute Gasteiger partial charge is 0.243 e. The molecular weight excluding hydrogens is 416 g/mol. The largest absolute Gasteiger partial charge is 0.493 e. The lowest BCUT2D eigenvalue weighted by Crippen LogP contribution is -2.48. The highest BCUT2D eigenvalue weighted by molar-refractivity contribution is 7.89. The quantitative estimate of drug-likeness (QED) is 0.708. The molecule has 0 spiro atoms. The van der Waals surface area contributed by atoms with Gasteiger partial charge in [0.25, 0.3) is 0 Å². The minimum atomic E-state index is -3.76. The normalized spacial score (nSPS) is 21.6. The number of rotatable bonds is 5. The first-order chi connectivity index (χ1) is 14.9. The summed E-state index contributed by atoms with van der Waals surface area (Å²) < 4.78 is 38.5. The van der Waals surface area contributed by atoms with Gasteiger partial charge in [-0.3, -0.25) is 4.79 Å². The fourth-order valence-electron chi connectivity index (χ4n) is 4.59. The van der Waals surface area contributed by atoms with E-state index in [0.717, 1.165) is 17.7 Å². The summed E-state index contributed by atoms with van der Waals surface area (Å²) in [5, 5.41) is 0. The molecule has 0 saturated carbocycles. The maximum absolute atomic E-state index is 13.4. The van der Waals surface area contributed by atoms with Crippen LogP contribution < -0.4 is 14.4 Å². The highest BCUT2D eigenvalue weighted by Gasteiger charge is 2.39. The fraction of sp³-hybridized carbons (Fsp3) is 0.435. The highest BCUT2D eigenvalue weighted by Crippen LogP contribution is 2.36. The molecule has 2 aliphatic heterocycles. The van der Waals surface area contributed by atoms with E-state index in [9.17, 15) is 13.2 Å². The lowest BCUT2D eigenvalue weighted by molar-refractivity contribution is -0.123. The van der Waals surface area contributed by atoms with Crippen LogP contribution in [0.3, 0.4) is 0 Å². The van der Waals surface area contributed by atoms with Gasteiger partial charge in [-0.25, -0.2) is 8.42 Å². The number of nitrogens with zero attached hydrogens (tertiary/aromatic N) is 2. The molecule has 4 rings (SSSR count). The number of hydrogen-bond donors (Lipinski definition) is 0. The van der Waals surface area contributed by atoms with Crippen molar-refractivity contribution in [1.82, 2.24) is 4.31 Å². The van der Waals surface area contributed by atoms with Gasteiger partial charge in [0.2, 0.25) is 15.9 Å². The summed E-state index contributed by atoms with van der Waals surface area (Å²) in [5.74, 6) is 0.465. The van der Waals surface area contributed by atoms with Crippen molar-refractivity contribution in [3.05, 3.63) is 48.0 Å². The Bertz CT molecular complexity index is 1090. The van der Waals surface area contributed by atoms with Crippen molar-refractivity contribution >= 4 is 21.6 Å². The van der Waals surface area contributed by atoms with Crippen LogP contribution in [0.4, 0.5) is 5.69 Å². The summed E-state index contributed by atoms with van der Waals surface area (Å²) in [6.07, 6.45) is 2.15. The van der Waals surface area contributed by atoms with Crippen LogP contribution in [-0.2, 0) is 21.2 Å². The van der Waals surface area contributed by atoms with Gasteiger partial charge in [0, 0.05) is 30.9 Å². The molecule has 0 bridgehead atoms. The number of methoxy groups -OCH3 is 2. The van der Waals surface area contributed by atoms with Crippen molar-refractivity contribution in [1.29, 1.82) is 0 Å². The molecular formula is C23H28N2O5S. The van der Waals surface area contributed by atoms with Gasteiger partial charge in [0.05, 0.1) is 25.0 Å². The zero-order chi connectivity index (χ0) is 22.2. The average Bonchev–Trinajstić information content (AvgIpc) is 3.13. The van der Waals surface area contributed by atoms with Crippen LogP contribution in [0.25, 0.3) is 0 Å². The SMILES string of the molecule is COc1ccc(S(=O)(=O)N2CCC[C@@H](C(=O)N3c4ccccc4C[C@H]3C)C2)cc1OC. The zero-order valence-corrected chi connectivity index (χ0v) is 18.9. The molecule has 0 aromatic heterocycles. The third kappa shape index (κ3) is 3.90. The highest BCUT2D eigenvalue weighted by atomic mass is 32.2. The summed E-state index contributed by atoms with van der Waals surface area (Å²) in [4.78, 5) is 15.4. The third-order valence-corrected chi connectivity index (χ3v) is 8.03. The first-order valence-corrected chi connectivity index (χ1v) is 11.9. The van der Waals surface area contributed by atoms with Crippen molar-refractivity contribution in [3.8, 4) is 11.5 Å². The maximum Gasteiger partial charge on any atom is 0.243 e. The molecule has 2 aromatic carbocycles. The number of carbonyl (C=O) groups is 1. The van der Waals surface area contributed by atoms with E-state index in [0.29, 0.717) is 30.9 Å². The lowest BCUT2D eigenvalue weighted by atomic mass is 9.97. The number of ether oxygens (including phenoxy) is 2. The number of hydrogen-bond acceptors (Lipinski definition) is 5. The molecule has 31 heavy (non-hydrogen) atoms. The van der Waals surface area contributed by atoms with Gasteiger partial charge in [-0.1, -0.05) is 18.2 Å². The predicted octanol–water partition coefficient (Wildman–Crippen LogP) is 3.08. The van der Waals surface area contributed by atoms with Gasteiger partial charge >= 0.3 is 0 Å². The van der Waals surface area contributed by atoms with Gasteiger partial charge in [0.1, 0.15) is 0 Å². The second kappa shape index (κ2) is 8.51. The number of anilines is 1. The van der Waals surface area contributed by atoms with Crippen LogP contribution in [-0.4, -0.2) is 52.0 Å². The van der Waals surface area contributed by atoms with Gasteiger partial charge in [-0.2, -0.15) is 4.31 Å². The molecule has 0 radical (unpaired) electrons. The summed E-state index contributed by atoms with van der Waals surface area (Å²) in [5.41, 5.74) is 2.11. The molecule has 0 aliphatic carbocycles. The molecule has 8 heteroatoms. The number of para-hydroxylation sites is 1. The summed E-state index contributed by atoms with van der Waals surface area (Å²) in [6, 6.07) is 12.6. The maximum atomic E-state index is 13.4. The van der Waals surface area contributed by atoms with Crippen LogP contribution in [0.1, 0.15) is 25.3 Å². The second-order valence-electron chi connectivity index (χ2n) is 8.11. The lowest BCUT2D eigenvalue weighted by Gasteiger charge is -2.34. The topological polar surface area (TPSA) is 76.2 Å². The molecule has 2 heterocycles. The van der Waals surface area contributed by atoms with Crippen molar-refractivity contribution in [3.63, 3.8) is 0 Å². The van der Waals surface area contributed by atoms with Crippen molar-refractivity contribution < 1.29 is 22.7 Å². The Labute approximate surface area is 183 Å². The summed E-state index contributed by atoms with van der Waals surface area (Å²) >= 11 is 0. The van der Waals surface area contributed by atoms with Crippen molar-refractivity contribution in [2.45, 2.75) is 37.1 Å². The molecule has 2 aromatic rings. The number of fused-ring (bicyclic) bond motifs is 1. The Morgan fingerprint density at radius 3 is 2.55 bits per heavy atom. The number of amides is 1. The number of benzene rings is 2. The summed E-state index contributed by atoms with van der Waals surface area (Å²) in [7, 11) is -0.781. The Morgan fingerprint density at radius 1 is 1.06 bits per heavy atom. The first kappa shape index (κ1) is 21.6. The molecule has 1 fully saturated rings. The van der Waals surface area contributed by atoms with Crippen LogP contribution in [0.2, 0.25) is 0 Å². The van der Waals surface area contributed by atoms with Gasteiger partial charge in [-0.05, 0) is 49.9 Å². The number of carbonyl (C=O) groups excluding carboxylic acids is 1. The second-order valence-corrected chi connectivity index (χ2v) is 10.0. The molecule has 0 N–H and O–H groups in total. The fourth-order valence-corrected chi connectivity index (χ4v) is 6.13. The Balaban J connectivity index is 1.57. The molecule has 2 aliphatic rings. The van der Waals surface area contributed by atoms with Crippen LogP contribution in [0, 0.1) is 5.92 Å². The van der Waals surface area contributed by atoms with E-state index in [1.807, 2.05) is 36.1 Å². The van der Waals surface area contributed by atoms with E-state index in [4.69, 9.17) is 9.47 Å². The minimum absolute atomic E-state index is 0.00432. The van der Waals surface area contributed by atoms with Crippen LogP contribution >= 0.6 is 0 Å². The van der Waals surface area contributed by atoms with Gasteiger partial charge < -0.3 is 14.4 Å². The monoisotopic (exact) mass is 444 g/mol. The number of piperidine rings is 1. The van der Waals surface area contributed by atoms with Crippen LogP contribution in [0.15, 0.2) is 47.4 Å². The predicted molar refractivity (Wildman–Crippen MR) is 118 cm³/mol.